The van der Waals surface area contributed by atoms with E-state index < -0.39 is 21.7 Å². The van der Waals surface area contributed by atoms with E-state index in [4.69, 9.17) is 5.11 Å². The lowest BCUT2D eigenvalue weighted by molar-refractivity contribution is -0.134. The molecule has 1 saturated heterocycles. The van der Waals surface area contributed by atoms with Crippen LogP contribution < -0.4 is 5.32 Å². The molecule has 0 bridgehead atoms. The maximum absolute atomic E-state index is 11.6. The zero-order valence-corrected chi connectivity index (χ0v) is 10.9. The van der Waals surface area contributed by atoms with Crippen LogP contribution in [0, 0.1) is 5.92 Å². The van der Waals surface area contributed by atoms with Crippen LogP contribution in [0.5, 0.6) is 0 Å². The number of piperidine rings is 1. The molecule has 7 heteroatoms. The van der Waals surface area contributed by atoms with Gasteiger partial charge in [-0.2, -0.15) is 0 Å². The first kappa shape index (κ1) is 14.4. The minimum absolute atomic E-state index is 0.448. The first-order valence-electron chi connectivity index (χ1n) is 5.80. The Balaban J connectivity index is 2.43. The van der Waals surface area contributed by atoms with Crippen molar-refractivity contribution in [3.8, 4) is 0 Å². The Bertz CT molecular complexity index is 347. The summed E-state index contributed by atoms with van der Waals surface area (Å²) in [6.45, 7) is 1.83. The summed E-state index contributed by atoms with van der Waals surface area (Å²) < 4.78 is 24.6. The average molecular weight is 264 g/mol. The second kappa shape index (κ2) is 6.32. The van der Waals surface area contributed by atoms with Crippen LogP contribution in [-0.2, 0) is 14.8 Å². The highest BCUT2D eigenvalue weighted by molar-refractivity contribution is 7.89. The second-order valence-corrected chi connectivity index (χ2v) is 6.35. The number of rotatable bonds is 6. The van der Waals surface area contributed by atoms with Crippen LogP contribution >= 0.6 is 0 Å². The van der Waals surface area contributed by atoms with E-state index in [-0.39, 0.29) is 0 Å². The molecule has 0 amide bonds. The standard InChI is InChI=1S/C10H20N2O4S/c1-11-5-2-9-3-6-12(7-4-9)17(15,16)8-10(13)14/h9,11H,2-8H2,1H3,(H,13,14). The average Bonchev–Trinajstić information content (AvgIpc) is 2.25. The predicted octanol–water partition coefficient (Wildman–Crippen LogP) is -0.278. The van der Waals surface area contributed by atoms with E-state index in [1.54, 1.807) is 0 Å². The van der Waals surface area contributed by atoms with Crippen molar-refractivity contribution < 1.29 is 18.3 Å². The summed E-state index contributed by atoms with van der Waals surface area (Å²) in [5, 5.41) is 11.6. The molecule has 1 rings (SSSR count). The molecule has 0 aromatic rings. The lowest BCUT2D eigenvalue weighted by atomic mass is 9.95. The Morgan fingerprint density at radius 1 is 1.41 bits per heavy atom. The Morgan fingerprint density at radius 3 is 2.47 bits per heavy atom. The zero-order chi connectivity index (χ0) is 12.9. The van der Waals surface area contributed by atoms with Crippen molar-refractivity contribution in [1.29, 1.82) is 0 Å². The van der Waals surface area contributed by atoms with Crippen LogP contribution in [0.2, 0.25) is 0 Å². The van der Waals surface area contributed by atoms with Gasteiger partial charge in [-0.25, -0.2) is 12.7 Å². The van der Waals surface area contributed by atoms with E-state index >= 15 is 0 Å². The van der Waals surface area contributed by atoms with Gasteiger partial charge >= 0.3 is 5.97 Å². The normalized spacial score (nSPS) is 19.4. The van der Waals surface area contributed by atoms with Crippen LogP contribution in [0.15, 0.2) is 0 Å². The van der Waals surface area contributed by atoms with Gasteiger partial charge in [0.05, 0.1) is 0 Å². The third kappa shape index (κ3) is 4.61. The largest absolute Gasteiger partial charge is 0.480 e. The summed E-state index contributed by atoms with van der Waals surface area (Å²) >= 11 is 0. The fraction of sp³-hybridized carbons (Fsp3) is 0.900. The Morgan fingerprint density at radius 2 is 2.00 bits per heavy atom. The van der Waals surface area contributed by atoms with Crippen LogP contribution in [0.1, 0.15) is 19.3 Å². The molecule has 0 aromatic carbocycles. The lowest BCUT2D eigenvalue weighted by Crippen LogP contribution is -2.41. The smallest absolute Gasteiger partial charge is 0.320 e. The van der Waals surface area contributed by atoms with Gasteiger partial charge < -0.3 is 10.4 Å². The van der Waals surface area contributed by atoms with Gasteiger partial charge in [-0.15, -0.1) is 0 Å². The van der Waals surface area contributed by atoms with Gasteiger partial charge in [-0.1, -0.05) is 0 Å². The summed E-state index contributed by atoms with van der Waals surface area (Å²) in [7, 11) is -1.71. The van der Waals surface area contributed by atoms with E-state index in [2.05, 4.69) is 5.32 Å². The highest BCUT2D eigenvalue weighted by atomic mass is 32.2. The molecule has 0 atom stereocenters. The highest BCUT2D eigenvalue weighted by Gasteiger charge is 2.29. The molecule has 0 saturated carbocycles. The number of hydrogen-bond acceptors (Lipinski definition) is 4. The van der Waals surface area contributed by atoms with Gasteiger partial charge in [0.2, 0.25) is 10.0 Å². The first-order valence-corrected chi connectivity index (χ1v) is 7.41. The van der Waals surface area contributed by atoms with Crippen molar-refractivity contribution in [2.24, 2.45) is 5.92 Å². The molecule has 1 fully saturated rings. The molecule has 6 nitrogen and oxygen atoms in total. The number of hydrogen-bond donors (Lipinski definition) is 2. The fourth-order valence-corrected chi connectivity index (χ4v) is 3.33. The van der Waals surface area contributed by atoms with Gasteiger partial charge in [0.1, 0.15) is 0 Å². The molecule has 0 spiro atoms. The summed E-state index contributed by atoms with van der Waals surface area (Å²) in [4.78, 5) is 10.4. The summed E-state index contributed by atoms with van der Waals surface area (Å²) in [5.74, 6) is -1.55. The zero-order valence-electron chi connectivity index (χ0n) is 10.1. The highest BCUT2D eigenvalue weighted by Crippen LogP contribution is 2.22. The van der Waals surface area contributed by atoms with E-state index in [0.29, 0.717) is 19.0 Å². The van der Waals surface area contributed by atoms with Gasteiger partial charge in [-0.05, 0) is 38.8 Å². The van der Waals surface area contributed by atoms with E-state index in [1.165, 1.54) is 4.31 Å². The molecule has 17 heavy (non-hydrogen) atoms. The van der Waals surface area contributed by atoms with Crippen LogP contribution in [0.25, 0.3) is 0 Å². The molecule has 1 aliphatic rings. The number of nitrogens with zero attached hydrogens (tertiary/aromatic N) is 1. The lowest BCUT2D eigenvalue weighted by Gasteiger charge is -2.30. The fourth-order valence-electron chi connectivity index (χ4n) is 2.07. The molecule has 0 aliphatic carbocycles. The number of carboxylic acid groups (broad SMARTS) is 1. The van der Waals surface area contributed by atoms with Gasteiger partial charge in [0, 0.05) is 13.1 Å². The minimum atomic E-state index is -3.61. The quantitative estimate of drug-likeness (QED) is 0.689. The van der Waals surface area contributed by atoms with Crippen molar-refractivity contribution in [3.05, 3.63) is 0 Å². The molecule has 1 aliphatic heterocycles. The Labute approximate surface area is 102 Å². The number of carbonyl (C=O) groups is 1. The Kier molecular flexibility index (Phi) is 5.35. The minimum Gasteiger partial charge on any atom is -0.480 e. The number of carboxylic acids is 1. The summed E-state index contributed by atoms with van der Waals surface area (Å²) in [5.41, 5.74) is 0. The molecule has 0 radical (unpaired) electrons. The first-order chi connectivity index (χ1) is 7.95. The molecule has 2 N–H and O–H groups in total. The maximum atomic E-state index is 11.6. The van der Waals surface area contributed by atoms with E-state index in [0.717, 1.165) is 25.8 Å². The monoisotopic (exact) mass is 264 g/mol. The third-order valence-corrected chi connectivity index (χ3v) is 4.84. The van der Waals surface area contributed by atoms with Gasteiger partial charge in [-0.3, -0.25) is 4.79 Å². The van der Waals surface area contributed by atoms with Crippen molar-refractivity contribution in [2.45, 2.75) is 19.3 Å². The molecular weight excluding hydrogens is 244 g/mol. The van der Waals surface area contributed by atoms with Gasteiger partial charge in [0.25, 0.3) is 0 Å². The summed E-state index contributed by atoms with van der Waals surface area (Å²) in [6, 6.07) is 0. The molecule has 100 valence electrons. The van der Waals surface area contributed by atoms with Crippen molar-refractivity contribution in [2.75, 3.05) is 32.4 Å². The van der Waals surface area contributed by atoms with Crippen LogP contribution in [-0.4, -0.2) is 56.2 Å². The number of nitrogens with one attached hydrogen (secondary N) is 1. The Hall–Kier alpha value is -0.660. The second-order valence-electron chi connectivity index (χ2n) is 4.38. The van der Waals surface area contributed by atoms with Crippen molar-refractivity contribution in [3.63, 3.8) is 0 Å². The van der Waals surface area contributed by atoms with Crippen molar-refractivity contribution >= 4 is 16.0 Å². The van der Waals surface area contributed by atoms with E-state index in [1.807, 2.05) is 7.05 Å². The molecule has 1 heterocycles. The summed E-state index contributed by atoms with van der Waals surface area (Å²) in [6.07, 6.45) is 2.68. The number of aliphatic carboxylic acids is 1. The third-order valence-electron chi connectivity index (χ3n) is 3.08. The van der Waals surface area contributed by atoms with E-state index in [9.17, 15) is 13.2 Å². The SMILES string of the molecule is CNCCC1CCN(S(=O)(=O)CC(=O)O)CC1. The topological polar surface area (TPSA) is 86.7 Å². The van der Waals surface area contributed by atoms with Crippen LogP contribution in [0.4, 0.5) is 0 Å². The van der Waals surface area contributed by atoms with Gasteiger partial charge in [0.15, 0.2) is 5.75 Å². The van der Waals surface area contributed by atoms with Crippen LogP contribution in [0.3, 0.4) is 0 Å². The predicted molar refractivity (Wildman–Crippen MR) is 64.3 cm³/mol. The maximum Gasteiger partial charge on any atom is 0.320 e. The number of sulfonamides is 1. The molecule has 0 unspecified atom stereocenters. The molecular formula is C10H20N2O4S. The molecule has 0 aromatic heterocycles. The van der Waals surface area contributed by atoms with Crippen molar-refractivity contribution in [1.82, 2.24) is 9.62 Å².